The van der Waals surface area contributed by atoms with Gasteiger partial charge in [-0.1, -0.05) is 0 Å². The highest BCUT2D eigenvalue weighted by Crippen LogP contribution is 1.96. The first kappa shape index (κ1) is 16.0. The average Bonchev–Trinajstić information content (AvgIpc) is 2.46. The third kappa shape index (κ3) is 5.72. The monoisotopic (exact) mass is 283 g/mol. The lowest BCUT2D eigenvalue weighted by Crippen LogP contribution is -2.26. The van der Waals surface area contributed by atoms with Crippen LogP contribution in [0.25, 0.3) is 0 Å². The van der Waals surface area contributed by atoms with E-state index in [2.05, 4.69) is 15.3 Å². The van der Waals surface area contributed by atoms with Gasteiger partial charge in [-0.25, -0.2) is 14.8 Å². The van der Waals surface area contributed by atoms with Gasteiger partial charge in [0, 0.05) is 20.3 Å². The van der Waals surface area contributed by atoms with Crippen molar-refractivity contribution in [1.82, 2.24) is 15.3 Å². The van der Waals surface area contributed by atoms with Crippen molar-refractivity contribution >= 4 is 11.9 Å². The van der Waals surface area contributed by atoms with E-state index in [9.17, 15) is 9.59 Å². The number of nitrogens with zero attached hydrogens (tertiary/aromatic N) is 2. The summed E-state index contributed by atoms with van der Waals surface area (Å²) in [6.45, 7) is 2.02. The lowest BCUT2D eigenvalue weighted by Gasteiger charge is -2.05. The topological polar surface area (TPSA) is 111 Å². The number of amides is 1. The fourth-order valence-electron chi connectivity index (χ4n) is 1.27. The Bertz CT molecular complexity index is 435. The summed E-state index contributed by atoms with van der Waals surface area (Å²) in [7, 11) is 1.60. The van der Waals surface area contributed by atoms with Crippen LogP contribution >= 0.6 is 0 Å². The van der Waals surface area contributed by atoms with Gasteiger partial charge in [-0.05, 0) is 6.42 Å². The zero-order chi connectivity index (χ0) is 14.8. The molecule has 1 amide bonds. The van der Waals surface area contributed by atoms with Gasteiger partial charge in [-0.2, -0.15) is 0 Å². The molecule has 0 aliphatic rings. The van der Waals surface area contributed by atoms with Crippen LogP contribution in [-0.2, 0) is 9.47 Å². The lowest BCUT2D eigenvalue weighted by atomic mass is 10.3. The maximum Gasteiger partial charge on any atom is 0.356 e. The van der Waals surface area contributed by atoms with E-state index < -0.39 is 11.9 Å². The van der Waals surface area contributed by atoms with E-state index in [1.807, 2.05) is 0 Å². The van der Waals surface area contributed by atoms with Crippen molar-refractivity contribution in [1.29, 1.82) is 0 Å². The van der Waals surface area contributed by atoms with E-state index in [0.717, 1.165) is 12.4 Å². The number of carboxylic acid groups (broad SMARTS) is 1. The minimum Gasteiger partial charge on any atom is -0.476 e. The standard InChI is InChI=1S/C12H17N3O5/c1-19-5-6-20-4-2-3-13-11(16)9-7-15-10(8-14-9)12(17)18/h7-8H,2-6H2,1H3,(H,13,16)(H,17,18). The summed E-state index contributed by atoms with van der Waals surface area (Å²) < 4.78 is 10.1. The Morgan fingerprint density at radius 1 is 1.20 bits per heavy atom. The molecule has 8 heteroatoms. The lowest BCUT2D eigenvalue weighted by molar-refractivity contribution is 0.0684. The van der Waals surface area contributed by atoms with Gasteiger partial charge in [0.2, 0.25) is 0 Å². The van der Waals surface area contributed by atoms with Crippen LogP contribution in [0, 0.1) is 0 Å². The second-order valence-electron chi connectivity index (χ2n) is 3.81. The van der Waals surface area contributed by atoms with Crippen molar-refractivity contribution in [2.45, 2.75) is 6.42 Å². The van der Waals surface area contributed by atoms with E-state index in [1.165, 1.54) is 0 Å². The number of aromatic nitrogens is 2. The maximum absolute atomic E-state index is 11.6. The second-order valence-corrected chi connectivity index (χ2v) is 3.81. The Morgan fingerprint density at radius 2 is 1.90 bits per heavy atom. The highest BCUT2D eigenvalue weighted by atomic mass is 16.5. The predicted octanol–water partition coefficient (Wildman–Crippen LogP) is -0.0423. The molecule has 0 spiro atoms. The normalized spacial score (nSPS) is 10.2. The average molecular weight is 283 g/mol. The molecule has 0 atom stereocenters. The van der Waals surface area contributed by atoms with Crippen molar-refractivity contribution in [3.63, 3.8) is 0 Å². The van der Waals surface area contributed by atoms with Crippen LogP contribution in [-0.4, -0.2) is 60.4 Å². The van der Waals surface area contributed by atoms with Gasteiger partial charge in [0.15, 0.2) is 5.69 Å². The molecule has 0 saturated carbocycles. The first-order valence-corrected chi connectivity index (χ1v) is 6.05. The summed E-state index contributed by atoms with van der Waals surface area (Å²) in [6.07, 6.45) is 2.84. The number of rotatable bonds is 9. The smallest absolute Gasteiger partial charge is 0.356 e. The Labute approximate surface area is 116 Å². The van der Waals surface area contributed by atoms with Gasteiger partial charge in [0.1, 0.15) is 5.69 Å². The van der Waals surface area contributed by atoms with Crippen LogP contribution in [0.15, 0.2) is 12.4 Å². The predicted molar refractivity (Wildman–Crippen MR) is 68.6 cm³/mol. The molecule has 110 valence electrons. The Balaban J connectivity index is 2.24. The number of aromatic carboxylic acids is 1. The highest BCUT2D eigenvalue weighted by molar-refractivity contribution is 5.92. The summed E-state index contributed by atoms with van der Waals surface area (Å²) in [5, 5.41) is 11.3. The van der Waals surface area contributed by atoms with Gasteiger partial charge in [-0.15, -0.1) is 0 Å². The van der Waals surface area contributed by atoms with Gasteiger partial charge in [0.05, 0.1) is 25.6 Å². The van der Waals surface area contributed by atoms with Gasteiger partial charge in [-0.3, -0.25) is 4.79 Å². The second kappa shape index (κ2) is 8.94. The van der Waals surface area contributed by atoms with Gasteiger partial charge < -0.3 is 19.9 Å². The molecule has 0 aliphatic carbocycles. The van der Waals surface area contributed by atoms with Crippen molar-refractivity contribution in [3.05, 3.63) is 23.8 Å². The molecule has 20 heavy (non-hydrogen) atoms. The maximum atomic E-state index is 11.6. The van der Waals surface area contributed by atoms with Crippen molar-refractivity contribution < 1.29 is 24.2 Å². The molecule has 2 N–H and O–H groups in total. The summed E-state index contributed by atoms with van der Waals surface area (Å²) >= 11 is 0. The number of hydrogen-bond acceptors (Lipinski definition) is 6. The van der Waals surface area contributed by atoms with Crippen LogP contribution in [0.3, 0.4) is 0 Å². The van der Waals surface area contributed by atoms with Crippen molar-refractivity contribution in [2.75, 3.05) is 33.5 Å². The van der Waals surface area contributed by atoms with Crippen LogP contribution < -0.4 is 5.32 Å². The number of carbonyl (C=O) groups excluding carboxylic acids is 1. The van der Waals surface area contributed by atoms with E-state index in [4.69, 9.17) is 14.6 Å². The summed E-state index contributed by atoms with van der Waals surface area (Å²) in [4.78, 5) is 29.6. The Morgan fingerprint density at radius 3 is 2.50 bits per heavy atom. The third-order valence-electron chi connectivity index (χ3n) is 2.29. The number of nitrogens with one attached hydrogen (secondary N) is 1. The summed E-state index contributed by atoms with van der Waals surface area (Å²) in [5.74, 6) is -1.58. The molecular weight excluding hydrogens is 266 g/mol. The fraction of sp³-hybridized carbons (Fsp3) is 0.500. The molecule has 1 aromatic rings. The van der Waals surface area contributed by atoms with E-state index in [0.29, 0.717) is 32.8 Å². The van der Waals surface area contributed by atoms with Crippen molar-refractivity contribution in [3.8, 4) is 0 Å². The molecule has 1 aromatic heterocycles. The van der Waals surface area contributed by atoms with Gasteiger partial charge in [0.25, 0.3) is 5.91 Å². The molecule has 0 saturated heterocycles. The number of hydrogen-bond donors (Lipinski definition) is 2. The summed E-state index contributed by atoms with van der Waals surface area (Å²) in [6, 6.07) is 0. The van der Waals surface area contributed by atoms with E-state index in [1.54, 1.807) is 7.11 Å². The van der Waals surface area contributed by atoms with Crippen LogP contribution in [0.5, 0.6) is 0 Å². The molecule has 1 heterocycles. The molecule has 0 aliphatic heterocycles. The number of carbonyl (C=O) groups is 2. The van der Waals surface area contributed by atoms with Crippen molar-refractivity contribution in [2.24, 2.45) is 0 Å². The molecule has 8 nitrogen and oxygen atoms in total. The molecule has 0 fully saturated rings. The molecule has 0 bridgehead atoms. The van der Waals surface area contributed by atoms with Gasteiger partial charge >= 0.3 is 5.97 Å². The minimum atomic E-state index is -1.18. The quantitative estimate of drug-likeness (QED) is 0.611. The number of carboxylic acids is 1. The SMILES string of the molecule is COCCOCCCNC(=O)c1cnc(C(=O)O)cn1. The first-order valence-electron chi connectivity index (χ1n) is 6.05. The zero-order valence-electron chi connectivity index (χ0n) is 11.2. The first-order chi connectivity index (χ1) is 9.65. The van der Waals surface area contributed by atoms with E-state index in [-0.39, 0.29) is 11.4 Å². The highest BCUT2D eigenvalue weighted by Gasteiger charge is 2.09. The van der Waals surface area contributed by atoms with Crippen LogP contribution in [0.1, 0.15) is 27.4 Å². The molecular formula is C12H17N3O5. The largest absolute Gasteiger partial charge is 0.476 e. The zero-order valence-corrected chi connectivity index (χ0v) is 11.2. The van der Waals surface area contributed by atoms with E-state index >= 15 is 0 Å². The Kier molecular flexibility index (Phi) is 7.15. The number of ether oxygens (including phenoxy) is 2. The molecule has 0 aromatic carbocycles. The fourth-order valence-corrected chi connectivity index (χ4v) is 1.27. The van der Waals surface area contributed by atoms with Crippen LogP contribution in [0.4, 0.5) is 0 Å². The molecule has 0 unspecified atom stereocenters. The third-order valence-corrected chi connectivity index (χ3v) is 2.29. The molecule has 1 rings (SSSR count). The molecule has 0 radical (unpaired) electrons. The minimum absolute atomic E-state index is 0.0790. The van der Waals surface area contributed by atoms with Crippen LogP contribution in [0.2, 0.25) is 0 Å². The number of methoxy groups -OCH3 is 1. The summed E-state index contributed by atoms with van der Waals surface area (Å²) in [5.41, 5.74) is -0.122. The Hall–Kier alpha value is -2.06.